The average Bonchev–Trinajstić information content (AvgIpc) is 2.65. The second kappa shape index (κ2) is 7.08. The summed E-state index contributed by atoms with van der Waals surface area (Å²) in [5, 5.41) is 0. The lowest BCUT2D eigenvalue weighted by atomic mass is 9.86. The molecule has 0 aromatic heterocycles. The molecule has 26 heavy (non-hydrogen) atoms. The van der Waals surface area contributed by atoms with Gasteiger partial charge < -0.3 is 9.64 Å². The van der Waals surface area contributed by atoms with Crippen LogP contribution in [0.2, 0.25) is 0 Å². The van der Waals surface area contributed by atoms with Gasteiger partial charge >= 0.3 is 0 Å². The Balaban J connectivity index is 1.68. The molecule has 2 aromatic carbocycles. The molecule has 2 aliphatic heterocycles. The topological polar surface area (TPSA) is 29.5 Å². The van der Waals surface area contributed by atoms with Crippen molar-refractivity contribution in [3.05, 3.63) is 64.7 Å². The Hall–Kier alpha value is -2.39. The third kappa shape index (κ3) is 3.32. The standard InChI is InChI=1S/C23H25NO2/c1-16-7-8-20-22(15-16)26-21-6-4-3-5-19(21)23(20)18-10-13-24(14-11-18)12-9-17(2)25/h3-8,15H,9-14H2,1-2H3. The van der Waals surface area contributed by atoms with Gasteiger partial charge in [-0.3, -0.25) is 4.79 Å². The van der Waals surface area contributed by atoms with E-state index < -0.39 is 0 Å². The quantitative estimate of drug-likeness (QED) is 0.669. The first kappa shape index (κ1) is 17.0. The zero-order valence-corrected chi connectivity index (χ0v) is 15.5. The Kier molecular flexibility index (Phi) is 4.64. The fourth-order valence-corrected chi connectivity index (χ4v) is 3.94. The second-order valence-corrected chi connectivity index (χ2v) is 7.37. The van der Waals surface area contributed by atoms with Crippen molar-refractivity contribution in [1.29, 1.82) is 0 Å². The number of carbonyl (C=O) groups excluding carboxylic acids is 1. The first-order valence-electron chi connectivity index (χ1n) is 9.44. The van der Waals surface area contributed by atoms with Crippen LogP contribution in [0, 0.1) is 6.92 Å². The van der Waals surface area contributed by atoms with Gasteiger partial charge in [-0.15, -0.1) is 0 Å². The molecule has 0 spiro atoms. The maximum atomic E-state index is 11.3. The van der Waals surface area contributed by atoms with Crippen LogP contribution < -0.4 is 4.74 Å². The maximum Gasteiger partial charge on any atom is 0.135 e. The van der Waals surface area contributed by atoms with Crippen molar-refractivity contribution in [2.75, 3.05) is 19.6 Å². The number of Topliss-reactive ketones (excluding diaryl/α,β-unsaturated/α-hetero) is 1. The van der Waals surface area contributed by atoms with Crippen molar-refractivity contribution in [2.24, 2.45) is 0 Å². The van der Waals surface area contributed by atoms with E-state index in [1.54, 1.807) is 6.92 Å². The monoisotopic (exact) mass is 347 g/mol. The van der Waals surface area contributed by atoms with Gasteiger partial charge in [0.15, 0.2) is 0 Å². The zero-order valence-electron chi connectivity index (χ0n) is 15.5. The maximum absolute atomic E-state index is 11.3. The molecule has 2 heterocycles. The summed E-state index contributed by atoms with van der Waals surface area (Å²) in [6.07, 6.45) is 2.76. The predicted molar refractivity (Wildman–Crippen MR) is 105 cm³/mol. The van der Waals surface area contributed by atoms with Gasteiger partial charge in [0.05, 0.1) is 0 Å². The van der Waals surface area contributed by atoms with Crippen molar-refractivity contribution >= 4 is 11.4 Å². The summed E-state index contributed by atoms with van der Waals surface area (Å²) in [4.78, 5) is 13.7. The van der Waals surface area contributed by atoms with Crippen molar-refractivity contribution in [3.8, 4) is 11.5 Å². The summed E-state index contributed by atoms with van der Waals surface area (Å²) in [5.74, 6) is 2.19. The molecule has 134 valence electrons. The Labute approximate surface area is 155 Å². The van der Waals surface area contributed by atoms with Gasteiger partial charge in [0.2, 0.25) is 0 Å². The Morgan fingerprint density at radius 3 is 2.54 bits per heavy atom. The molecule has 0 atom stereocenters. The number of carbonyl (C=O) groups is 1. The van der Waals surface area contributed by atoms with Crippen LogP contribution in [0.15, 0.2) is 48.0 Å². The number of ether oxygens (including phenoxy) is 1. The summed E-state index contributed by atoms with van der Waals surface area (Å²) in [5.41, 5.74) is 6.49. The van der Waals surface area contributed by atoms with Crippen molar-refractivity contribution in [1.82, 2.24) is 4.90 Å². The minimum Gasteiger partial charge on any atom is -0.456 e. The minimum atomic E-state index is 0.275. The lowest BCUT2D eigenvalue weighted by molar-refractivity contribution is -0.117. The first-order chi connectivity index (χ1) is 12.6. The summed E-state index contributed by atoms with van der Waals surface area (Å²) in [7, 11) is 0. The van der Waals surface area contributed by atoms with Crippen LogP contribution in [0.25, 0.3) is 5.57 Å². The van der Waals surface area contributed by atoms with Crippen LogP contribution in [-0.4, -0.2) is 30.3 Å². The SMILES string of the molecule is CC(=O)CCN1CCC(=C2c3ccccc3Oc3cc(C)ccc32)CC1. The van der Waals surface area contributed by atoms with Crippen LogP contribution >= 0.6 is 0 Å². The molecular formula is C23H25NO2. The molecule has 3 nitrogen and oxygen atoms in total. The van der Waals surface area contributed by atoms with E-state index in [1.807, 2.05) is 6.07 Å². The molecule has 0 amide bonds. The molecule has 0 aliphatic carbocycles. The van der Waals surface area contributed by atoms with Crippen LogP contribution in [-0.2, 0) is 4.79 Å². The Morgan fingerprint density at radius 2 is 1.77 bits per heavy atom. The molecule has 0 bridgehead atoms. The molecule has 1 saturated heterocycles. The fourth-order valence-electron chi connectivity index (χ4n) is 3.94. The first-order valence-corrected chi connectivity index (χ1v) is 9.44. The van der Waals surface area contributed by atoms with Crippen molar-refractivity contribution < 1.29 is 9.53 Å². The molecule has 0 saturated carbocycles. The summed E-state index contributed by atoms with van der Waals surface area (Å²) < 4.78 is 6.18. The van der Waals surface area contributed by atoms with Crippen LogP contribution in [0.1, 0.15) is 42.9 Å². The van der Waals surface area contributed by atoms with Gasteiger partial charge in [-0.05, 0) is 50.0 Å². The van der Waals surface area contributed by atoms with E-state index >= 15 is 0 Å². The average molecular weight is 347 g/mol. The Morgan fingerprint density at radius 1 is 1.04 bits per heavy atom. The second-order valence-electron chi connectivity index (χ2n) is 7.37. The molecule has 2 aliphatic rings. The highest BCUT2D eigenvalue weighted by molar-refractivity contribution is 5.90. The number of rotatable bonds is 3. The third-order valence-electron chi connectivity index (χ3n) is 5.38. The van der Waals surface area contributed by atoms with E-state index in [1.165, 1.54) is 27.8 Å². The number of para-hydroxylation sites is 1. The van der Waals surface area contributed by atoms with Gasteiger partial charge in [-0.2, -0.15) is 0 Å². The number of ketones is 1. The molecular weight excluding hydrogens is 322 g/mol. The van der Waals surface area contributed by atoms with Gasteiger partial charge in [0, 0.05) is 37.2 Å². The normalized spacial score (nSPS) is 16.7. The molecule has 0 unspecified atom stereocenters. The van der Waals surface area contributed by atoms with E-state index in [0.717, 1.165) is 44.0 Å². The predicted octanol–water partition coefficient (Wildman–Crippen LogP) is 4.98. The fraction of sp³-hybridized carbons (Fsp3) is 0.348. The number of fused-ring (bicyclic) bond motifs is 2. The zero-order chi connectivity index (χ0) is 18.1. The lowest BCUT2D eigenvalue weighted by Crippen LogP contribution is -2.32. The van der Waals surface area contributed by atoms with E-state index in [9.17, 15) is 4.79 Å². The van der Waals surface area contributed by atoms with E-state index in [4.69, 9.17) is 4.74 Å². The largest absolute Gasteiger partial charge is 0.456 e. The minimum absolute atomic E-state index is 0.275. The van der Waals surface area contributed by atoms with Gasteiger partial charge in [0.25, 0.3) is 0 Å². The molecule has 2 aromatic rings. The van der Waals surface area contributed by atoms with Gasteiger partial charge in [0.1, 0.15) is 17.3 Å². The number of benzene rings is 2. The van der Waals surface area contributed by atoms with E-state index in [2.05, 4.69) is 48.2 Å². The number of nitrogens with zero attached hydrogens (tertiary/aromatic N) is 1. The summed E-state index contributed by atoms with van der Waals surface area (Å²) >= 11 is 0. The van der Waals surface area contributed by atoms with E-state index in [0.29, 0.717) is 6.42 Å². The molecule has 3 heteroatoms. The summed E-state index contributed by atoms with van der Waals surface area (Å²) in [6, 6.07) is 14.8. The van der Waals surface area contributed by atoms with Crippen LogP contribution in [0.5, 0.6) is 11.5 Å². The number of piperidine rings is 1. The van der Waals surface area contributed by atoms with Gasteiger partial charge in [-0.25, -0.2) is 0 Å². The third-order valence-corrected chi connectivity index (χ3v) is 5.38. The Bertz CT molecular complexity index is 872. The van der Waals surface area contributed by atoms with Crippen molar-refractivity contribution in [3.63, 3.8) is 0 Å². The van der Waals surface area contributed by atoms with Gasteiger partial charge in [-0.1, -0.05) is 35.9 Å². The molecule has 0 N–H and O–H groups in total. The highest BCUT2D eigenvalue weighted by Crippen LogP contribution is 2.46. The highest BCUT2D eigenvalue weighted by Gasteiger charge is 2.26. The smallest absolute Gasteiger partial charge is 0.135 e. The summed E-state index contributed by atoms with van der Waals surface area (Å²) in [6.45, 7) is 6.71. The van der Waals surface area contributed by atoms with E-state index in [-0.39, 0.29) is 5.78 Å². The lowest BCUT2D eigenvalue weighted by Gasteiger charge is -2.32. The van der Waals surface area contributed by atoms with Crippen LogP contribution in [0.3, 0.4) is 0 Å². The highest BCUT2D eigenvalue weighted by atomic mass is 16.5. The van der Waals surface area contributed by atoms with Crippen LogP contribution in [0.4, 0.5) is 0 Å². The number of aryl methyl sites for hydroxylation is 1. The number of hydrogen-bond donors (Lipinski definition) is 0. The number of hydrogen-bond acceptors (Lipinski definition) is 3. The molecule has 0 radical (unpaired) electrons. The number of likely N-dealkylation sites (tertiary alicyclic amines) is 1. The van der Waals surface area contributed by atoms with Crippen molar-refractivity contribution in [2.45, 2.75) is 33.1 Å². The molecule has 4 rings (SSSR count). The molecule has 1 fully saturated rings.